The Morgan fingerprint density at radius 1 is 1.37 bits per heavy atom. The van der Waals surface area contributed by atoms with Gasteiger partial charge in [-0.25, -0.2) is 0 Å². The quantitative estimate of drug-likeness (QED) is 0.809. The number of hydrogen-bond acceptors (Lipinski definition) is 4. The van der Waals surface area contributed by atoms with Gasteiger partial charge >= 0.3 is 0 Å². The molecule has 5 nitrogen and oxygen atoms in total. The highest BCUT2D eigenvalue weighted by Crippen LogP contribution is 2.65. The number of nitrogens with zero attached hydrogens (tertiary/aromatic N) is 2. The van der Waals surface area contributed by atoms with Crippen LogP contribution in [0.25, 0.3) is 0 Å². The van der Waals surface area contributed by atoms with Crippen molar-refractivity contribution in [2.75, 3.05) is 20.2 Å². The van der Waals surface area contributed by atoms with E-state index in [0.717, 1.165) is 27.9 Å². The van der Waals surface area contributed by atoms with Crippen LogP contribution in [-0.2, 0) is 9.53 Å². The van der Waals surface area contributed by atoms with E-state index in [9.17, 15) is 23.8 Å². The van der Waals surface area contributed by atoms with Gasteiger partial charge in [0, 0.05) is 34.3 Å². The molecule has 0 aromatic rings. The Hall–Kier alpha value is -1.12. The predicted molar refractivity (Wildman–Crippen MR) is 104 cm³/mol. The molecule has 5 rings (SSSR count). The van der Waals surface area contributed by atoms with Gasteiger partial charge in [-0.2, -0.15) is 5.26 Å². The highest BCUT2D eigenvalue weighted by atomic mass is 16.5. The van der Waals surface area contributed by atoms with Gasteiger partial charge in [-0.05, 0) is 68.4 Å². The van der Waals surface area contributed by atoms with Crippen LogP contribution in [0.15, 0.2) is 0 Å². The van der Waals surface area contributed by atoms with E-state index in [1.807, 2.05) is 0 Å². The molecule has 1 aliphatic heterocycles. The lowest BCUT2D eigenvalue weighted by Gasteiger charge is -2.69. The van der Waals surface area contributed by atoms with E-state index in [1.165, 1.54) is 4.90 Å². The zero-order chi connectivity index (χ0) is 29.6. The van der Waals surface area contributed by atoms with Gasteiger partial charge in [-0.15, -0.1) is 0 Å². The van der Waals surface area contributed by atoms with E-state index in [-0.39, 0.29) is 6.54 Å². The molecular formula is C22H35N3O2. The Balaban J connectivity index is 2.05. The van der Waals surface area contributed by atoms with E-state index in [4.69, 9.17) is 6.11 Å². The number of carbonyl (C=O) groups is 1. The third kappa shape index (κ3) is 2.52. The molecule has 1 N–H and O–H groups in total. The average molecular weight is 385 g/mol. The largest absolute Gasteiger partial charge is 0.378 e. The molecular weight excluding hydrogens is 338 g/mol. The summed E-state index contributed by atoms with van der Waals surface area (Å²) in [6.07, 6.45) is -9.16. The van der Waals surface area contributed by atoms with Gasteiger partial charge in [0.15, 0.2) is 0 Å². The fourth-order valence-electron chi connectivity index (χ4n) is 4.89. The minimum Gasteiger partial charge on any atom is -0.378 e. The first kappa shape index (κ1) is 10.1. The molecule has 4 saturated carbocycles. The van der Waals surface area contributed by atoms with Gasteiger partial charge < -0.3 is 15.0 Å². The Morgan fingerprint density at radius 3 is 2.56 bits per heavy atom. The van der Waals surface area contributed by atoms with E-state index in [1.54, 1.807) is 6.92 Å². The van der Waals surface area contributed by atoms with Crippen LogP contribution in [0.1, 0.15) is 74.7 Å². The van der Waals surface area contributed by atoms with Crippen LogP contribution in [0.3, 0.4) is 0 Å². The fraction of sp³-hybridized carbons (Fsp3) is 0.909. The molecule has 4 bridgehead atoms. The maximum atomic E-state index is 13.3. The summed E-state index contributed by atoms with van der Waals surface area (Å²) in [5, 5.41) is 12.1. The normalized spacial score (nSPS) is 76.0. The number of methoxy groups -OCH3 is 1. The van der Waals surface area contributed by atoms with Crippen LogP contribution >= 0.6 is 0 Å². The first-order valence-electron chi connectivity index (χ1n) is 14.9. The summed E-state index contributed by atoms with van der Waals surface area (Å²) in [6, 6.07) is 2.07. The second-order valence-electron chi connectivity index (χ2n) is 8.02. The second-order valence-corrected chi connectivity index (χ2v) is 8.02. The van der Waals surface area contributed by atoms with Gasteiger partial charge in [0.25, 0.3) is 0 Å². The molecule has 5 aliphatic rings. The molecule has 1 saturated heterocycles. The molecule has 0 radical (unpaired) electrons. The van der Waals surface area contributed by atoms with Crippen molar-refractivity contribution >= 4 is 5.91 Å². The van der Waals surface area contributed by atoms with Crippen LogP contribution in [0, 0.1) is 40.8 Å². The van der Waals surface area contributed by atoms with Crippen molar-refractivity contribution < 1.29 is 24.6 Å². The zero-order valence-corrected chi connectivity index (χ0v) is 16.5. The minimum absolute atomic E-state index is 0.206. The van der Waals surface area contributed by atoms with Gasteiger partial charge in [-0.3, -0.25) is 4.79 Å². The monoisotopic (exact) mass is 384 g/mol. The number of ether oxygens (including phenoxy) is 1. The summed E-state index contributed by atoms with van der Waals surface area (Å²) in [5.41, 5.74) is -7.15. The highest BCUT2D eigenvalue weighted by Gasteiger charge is 2.67. The molecule has 5 heteroatoms. The molecule has 0 spiro atoms. The van der Waals surface area contributed by atoms with Crippen molar-refractivity contribution in [3.63, 3.8) is 0 Å². The van der Waals surface area contributed by atoms with E-state index >= 15 is 0 Å². The molecule has 1 amide bonds. The lowest BCUT2D eigenvalue weighted by Crippen LogP contribution is -2.74. The molecule has 4 unspecified atom stereocenters. The fourth-order valence-corrected chi connectivity index (χ4v) is 4.89. The maximum absolute atomic E-state index is 13.3. The second kappa shape index (κ2) is 6.19. The summed E-state index contributed by atoms with van der Waals surface area (Å²) in [7, 11) is 0.977. The van der Waals surface area contributed by atoms with Crippen LogP contribution in [0.4, 0.5) is 0 Å². The van der Waals surface area contributed by atoms with Crippen LogP contribution < -0.4 is 5.32 Å². The first-order valence-corrected chi connectivity index (χ1v) is 9.36. The Morgan fingerprint density at radius 2 is 2.00 bits per heavy atom. The molecule has 1 heterocycles. The van der Waals surface area contributed by atoms with E-state index < -0.39 is 77.7 Å². The van der Waals surface area contributed by atoms with E-state index in [0.29, 0.717) is 12.8 Å². The number of rotatable bonds is 4. The molecule has 150 valence electrons. The molecule has 4 aliphatic carbocycles. The topological polar surface area (TPSA) is 65.4 Å². The van der Waals surface area contributed by atoms with Crippen LogP contribution in [0.2, 0.25) is 0 Å². The van der Waals surface area contributed by atoms with Crippen LogP contribution in [0.5, 0.6) is 0 Å². The lowest BCUT2D eigenvalue weighted by atomic mass is 9.41. The van der Waals surface area contributed by atoms with Crippen molar-refractivity contribution in [1.82, 2.24) is 10.2 Å². The summed E-state index contributed by atoms with van der Waals surface area (Å²) >= 11 is 0. The van der Waals surface area contributed by atoms with Gasteiger partial charge in [0.2, 0.25) is 5.91 Å². The lowest BCUT2D eigenvalue weighted by molar-refractivity contribution is -0.248. The minimum atomic E-state index is -3.38. The average Bonchev–Trinajstić information content (AvgIpc) is 3.17. The van der Waals surface area contributed by atoms with Crippen molar-refractivity contribution in [2.24, 2.45) is 29.5 Å². The van der Waals surface area contributed by atoms with Crippen molar-refractivity contribution in [3.05, 3.63) is 0 Å². The van der Waals surface area contributed by atoms with Gasteiger partial charge in [0.1, 0.15) is 5.54 Å². The summed E-state index contributed by atoms with van der Waals surface area (Å²) in [4.78, 5) is 14.6. The third-order valence-corrected chi connectivity index (χ3v) is 6.54. The Kier molecular flexibility index (Phi) is 2.31. The molecule has 5 fully saturated rings. The number of likely N-dealkylation sites (tertiary alicyclic amines) is 1. The zero-order valence-electron chi connectivity index (χ0n) is 27.5. The number of carbonyl (C=O) groups excluding carboxylic acids is 1. The van der Waals surface area contributed by atoms with Gasteiger partial charge in [0.05, 0.1) is 18.2 Å². The van der Waals surface area contributed by atoms with Gasteiger partial charge in [-0.1, -0.05) is 20.8 Å². The smallest absolute Gasteiger partial charge is 0.237 e. The molecule has 0 aromatic heterocycles. The van der Waals surface area contributed by atoms with Crippen LogP contribution in [-0.4, -0.2) is 47.7 Å². The molecule has 5 atom stereocenters. The molecule has 0 aromatic carbocycles. The Labute approximate surface area is 179 Å². The standard InChI is InChI=1S/C22H35N3O2/c1-14-17-9-21(10-18(14)16(3)22(12-21,27-5)15(17)2)24-11-19(26)25-8-6-7-20(25,4)13-23/h14-18,24H,6-12H2,1-5H3/t14?,15?,16?,17?,18?,20-,21?,22?/m0/s1/i9D2,10D2,12D2,14D,15D,16D,17D,18D. The number of nitrogens with one attached hydrogen (secondary N) is 1. The van der Waals surface area contributed by atoms with Crippen molar-refractivity contribution in [1.29, 1.82) is 5.26 Å². The predicted octanol–water partition coefficient (Wildman–Crippen LogP) is 2.96. The van der Waals surface area contributed by atoms with E-state index in [2.05, 4.69) is 11.4 Å². The number of amides is 1. The number of hydrogen-bond donors (Lipinski definition) is 1. The molecule has 27 heavy (non-hydrogen) atoms. The third-order valence-electron chi connectivity index (χ3n) is 6.54. The maximum Gasteiger partial charge on any atom is 0.237 e. The van der Waals surface area contributed by atoms with Crippen molar-refractivity contribution in [2.45, 2.75) is 76.3 Å². The van der Waals surface area contributed by atoms with Crippen molar-refractivity contribution in [3.8, 4) is 6.07 Å². The highest BCUT2D eigenvalue weighted by molar-refractivity contribution is 5.80. The Bertz CT molecular complexity index is 1090. The first-order chi connectivity index (χ1) is 16.8. The summed E-state index contributed by atoms with van der Waals surface area (Å²) in [6.45, 7) is 3.89. The SMILES string of the molecule is [2H]C1([2H])C2([2H])C([2H])(C)C3([2H])C([2H])([2H])C1(NCC(=O)N1CCC[C@@]1(C)C#N)C([2H])([2H])C(OC)(C2([2H])C)C3([2H])C. The summed E-state index contributed by atoms with van der Waals surface area (Å²) < 4.78 is 107. The summed E-state index contributed by atoms with van der Waals surface area (Å²) in [5.74, 6) is -14.9. The number of nitriles is 1.